The van der Waals surface area contributed by atoms with Crippen LogP contribution in [0.15, 0.2) is 0 Å². The quantitative estimate of drug-likeness (QED) is 0.444. The number of nitrogens with zero attached hydrogens (tertiary/aromatic N) is 1. The Bertz CT molecular complexity index is 226. The fourth-order valence-corrected chi connectivity index (χ4v) is 1.70. The van der Waals surface area contributed by atoms with Crippen LogP contribution in [0, 0.1) is 0 Å². The van der Waals surface area contributed by atoms with Gasteiger partial charge >= 0.3 is 5.97 Å². The van der Waals surface area contributed by atoms with Gasteiger partial charge in [-0.2, -0.15) is 0 Å². The first-order valence-electron chi connectivity index (χ1n) is 3.66. The Labute approximate surface area is 64.1 Å². The zero-order valence-corrected chi connectivity index (χ0v) is 6.24. The predicted molar refractivity (Wildman–Crippen MR) is 35.7 cm³/mol. The van der Waals surface area contributed by atoms with Crippen LogP contribution < -0.4 is 0 Å². The van der Waals surface area contributed by atoms with E-state index >= 15 is 0 Å². The number of hydrogen-bond donors (Lipinski definition) is 0. The third-order valence-electron chi connectivity index (χ3n) is 2.22. The number of hydrogen-bond acceptors (Lipinski definition) is 3. The molecule has 2 fully saturated rings. The molecule has 2 atom stereocenters. The highest BCUT2D eigenvalue weighted by atomic mass is 16.6. The van der Waals surface area contributed by atoms with Crippen LogP contribution in [0.4, 0.5) is 0 Å². The lowest BCUT2D eigenvalue weighted by atomic mass is 10.2. The molecule has 2 heterocycles. The molecule has 0 aromatic rings. The summed E-state index contributed by atoms with van der Waals surface area (Å²) in [5, 5.41) is 0. The fraction of sp³-hybridized carbons (Fsp3) is 0.714. The van der Waals surface area contributed by atoms with Crippen LogP contribution in [0.25, 0.3) is 0 Å². The van der Waals surface area contributed by atoms with Gasteiger partial charge in [0.2, 0.25) is 5.91 Å². The summed E-state index contributed by atoms with van der Waals surface area (Å²) in [5.74, 6) is -0.273. The lowest BCUT2D eigenvalue weighted by Crippen LogP contribution is -2.43. The van der Waals surface area contributed by atoms with Crippen molar-refractivity contribution in [1.29, 1.82) is 0 Å². The van der Waals surface area contributed by atoms with E-state index in [0.29, 0.717) is 13.0 Å². The maximum atomic E-state index is 10.9. The zero-order chi connectivity index (χ0) is 8.01. The van der Waals surface area contributed by atoms with Crippen molar-refractivity contribution in [3.05, 3.63) is 0 Å². The molecular weight excluding hydrogens is 146 g/mol. The molecule has 2 rings (SSSR count). The predicted octanol–water partition coefficient (Wildman–Crippen LogP) is -0.467. The number of rotatable bonds is 0. The van der Waals surface area contributed by atoms with Crippen LogP contribution in [0.3, 0.4) is 0 Å². The molecular formula is C7H9NO3. The Morgan fingerprint density at radius 3 is 2.82 bits per heavy atom. The smallest absolute Gasteiger partial charge is 0.329 e. The highest BCUT2D eigenvalue weighted by Gasteiger charge is 2.47. The van der Waals surface area contributed by atoms with Crippen molar-refractivity contribution < 1.29 is 14.3 Å². The van der Waals surface area contributed by atoms with Gasteiger partial charge in [-0.3, -0.25) is 4.79 Å². The monoisotopic (exact) mass is 155 g/mol. The van der Waals surface area contributed by atoms with Gasteiger partial charge in [-0.1, -0.05) is 0 Å². The minimum Gasteiger partial charge on any atom is -0.459 e. The molecule has 0 aromatic carbocycles. The maximum Gasteiger partial charge on any atom is 0.329 e. The van der Waals surface area contributed by atoms with Crippen molar-refractivity contribution in [2.24, 2.45) is 0 Å². The molecule has 4 heteroatoms. The number of ether oxygens (including phenoxy) is 1. The summed E-state index contributed by atoms with van der Waals surface area (Å²) >= 11 is 0. The van der Waals surface area contributed by atoms with E-state index in [-0.39, 0.29) is 24.0 Å². The molecule has 0 N–H and O–H groups in total. The molecule has 2 bridgehead atoms. The van der Waals surface area contributed by atoms with Crippen LogP contribution in [0.1, 0.15) is 13.3 Å². The van der Waals surface area contributed by atoms with Gasteiger partial charge in [0, 0.05) is 13.3 Å². The summed E-state index contributed by atoms with van der Waals surface area (Å²) in [5.41, 5.74) is 0. The van der Waals surface area contributed by atoms with E-state index in [1.54, 1.807) is 4.90 Å². The van der Waals surface area contributed by atoms with Gasteiger partial charge in [-0.15, -0.1) is 0 Å². The van der Waals surface area contributed by atoms with E-state index in [9.17, 15) is 9.59 Å². The van der Waals surface area contributed by atoms with Gasteiger partial charge in [0.15, 0.2) is 0 Å². The zero-order valence-electron chi connectivity index (χ0n) is 6.24. The van der Waals surface area contributed by atoms with Crippen molar-refractivity contribution in [2.45, 2.75) is 25.5 Å². The minimum atomic E-state index is -0.280. The minimum absolute atomic E-state index is 0.0311. The summed E-state index contributed by atoms with van der Waals surface area (Å²) < 4.78 is 4.91. The van der Waals surface area contributed by atoms with Gasteiger partial charge in [0.05, 0.1) is 6.54 Å². The summed E-state index contributed by atoms with van der Waals surface area (Å²) in [7, 11) is 0. The molecule has 2 aliphatic heterocycles. The fourth-order valence-electron chi connectivity index (χ4n) is 1.70. The standard InChI is InChI=1S/C7H9NO3/c1-4(9)8-3-5-2-6(8)7(10)11-5/h5-6H,2-3H2,1H3/t5-,6-/m0/s1. The molecule has 4 nitrogen and oxygen atoms in total. The topological polar surface area (TPSA) is 46.6 Å². The number of likely N-dealkylation sites (tertiary alicyclic amines) is 1. The normalized spacial score (nSPS) is 34.3. The average molecular weight is 155 g/mol. The highest BCUT2D eigenvalue weighted by Crippen LogP contribution is 2.28. The Balaban J connectivity index is 2.18. The molecule has 0 aliphatic carbocycles. The molecule has 0 aromatic heterocycles. The summed E-state index contributed by atoms with van der Waals surface area (Å²) in [4.78, 5) is 23.4. The Hall–Kier alpha value is -1.06. The van der Waals surface area contributed by atoms with Gasteiger partial charge in [-0.25, -0.2) is 4.79 Å². The number of carbonyl (C=O) groups excluding carboxylic acids is 2. The largest absolute Gasteiger partial charge is 0.459 e. The van der Waals surface area contributed by atoms with Gasteiger partial charge in [-0.05, 0) is 0 Å². The first-order valence-corrected chi connectivity index (χ1v) is 3.66. The second-order valence-electron chi connectivity index (χ2n) is 2.98. The molecule has 60 valence electrons. The molecule has 0 saturated carbocycles. The third-order valence-corrected chi connectivity index (χ3v) is 2.22. The van der Waals surface area contributed by atoms with Crippen LogP contribution in [-0.4, -0.2) is 35.5 Å². The van der Waals surface area contributed by atoms with E-state index in [0.717, 1.165) is 0 Å². The van der Waals surface area contributed by atoms with Crippen LogP contribution in [0.5, 0.6) is 0 Å². The lowest BCUT2D eigenvalue weighted by Gasteiger charge is -2.23. The van der Waals surface area contributed by atoms with Crippen LogP contribution in [-0.2, 0) is 14.3 Å². The average Bonchev–Trinajstić information content (AvgIpc) is 2.43. The second kappa shape index (κ2) is 1.96. The van der Waals surface area contributed by atoms with Crippen LogP contribution >= 0.6 is 0 Å². The van der Waals surface area contributed by atoms with E-state index < -0.39 is 0 Å². The lowest BCUT2D eigenvalue weighted by molar-refractivity contribution is -0.156. The number of esters is 1. The molecule has 0 radical (unpaired) electrons. The van der Waals surface area contributed by atoms with E-state index in [1.807, 2.05) is 0 Å². The van der Waals surface area contributed by atoms with Crippen molar-refractivity contribution in [2.75, 3.05) is 6.54 Å². The number of morpholine rings is 1. The number of carbonyl (C=O) groups is 2. The number of amides is 1. The molecule has 0 spiro atoms. The first-order chi connectivity index (χ1) is 5.18. The molecule has 1 amide bonds. The third kappa shape index (κ3) is 0.818. The van der Waals surface area contributed by atoms with Crippen molar-refractivity contribution in [3.63, 3.8) is 0 Å². The summed E-state index contributed by atoms with van der Waals surface area (Å²) in [6.45, 7) is 2.07. The van der Waals surface area contributed by atoms with Crippen LogP contribution in [0.2, 0.25) is 0 Å². The molecule has 2 saturated heterocycles. The summed E-state index contributed by atoms with van der Waals surface area (Å²) in [6.07, 6.45) is 0.662. The second-order valence-corrected chi connectivity index (χ2v) is 2.98. The van der Waals surface area contributed by atoms with Gasteiger partial charge < -0.3 is 9.64 Å². The summed E-state index contributed by atoms with van der Waals surface area (Å²) in [6, 6.07) is -0.280. The van der Waals surface area contributed by atoms with Crippen molar-refractivity contribution >= 4 is 11.9 Å². The highest BCUT2D eigenvalue weighted by molar-refractivity contribution is 5.86. The maximum absolute atomic E-state index is 10.9. The SMILES string of the molecule is CC(=O)N1C[C@@H]2C[C@H]1C(=O)O2. The number of fused-ring (bicyclic) bond motifs is 2. The van der Waals surface area contributed by atoms with Crippen molar-refractivity contribution in [3.8, 4) is 0 Å². The Kier molecular flexibility index (Phi) is 1.19. The Morgan fingerprint density at radius 1 is 1.73 bits per heavy atom. The van der Waals surface area contributed by atoms with E-state index in [4.69, 9.17) is 4.74 Å². The van der Waals surface area contributed by atoms with E-state index in [1.165, 1.54) is 6.92 Å². The first kappa shape index (κ1) is 6.64. The van der Waals surface area contributed by atoms with Crippen molar-refractivity contribution in [1.82, 2.24) is 4.90 Å². The van der Waals surface area contributed by atoms with Gasteiger partial charge in [0.25, 0.3) is 0 Å². The molecule has 0 unspecified atom stereocenters. The molecule has 11 heavy (non-hydrogen) atoms. The Morgan fingerprint density at radius 2 is 2.45 bits per heavy atom. The molecule has 2 aliphatic rings. The van der Waals surface area contributed by atoms with Gasteiger partial charge in [0.1, 0.15) is 12.1 Å². The van der Waals surface area contributed by atoms with E-state index in [2.05, 4.69) is 0 Å².